The molecule has 0 aliphatic heterocycles. The summed E-state index contributed by atoms with van der Waals surface area (Å²) in [6, 6.07) is 6.70. The van der Waals surface area contributed by atoms with Crippen LogP contribution in [0.15, 0.2) is 27.4 Å². The quantitative estimate of drug-likeness (QED) is 0.864. The first-order valence-corrected chi connectivity index (χ1v) is 6.75. The maximum Gasteiger partial charge on any atom is 0.417 e. The predicted molar refractivity (Wildman–Crippen MR) is 75.5 cm³/mol. The molecule has 1 aromatic heterocycles. The number of nitrogens with one attached hydrogen (secondary N) is 1. The Morgan fingerprint density at radius 2 is 2.05 bits per heavy atom. The Bertz CT molecular complexity index is 623. The molecule has 0 atom stereocenters. The normalized spacial score (nSPS) is 23.7. The van der Waals surface area contributed by atoms with Gasteiger partial charge in [-0.3, -0.25) is 4.98 Å². The zero-order valence-electron chi connectivity index (χ0n) is 11.1. The molecule has 1 fully saturated rings. The van der Waals surface area contributed by atoms with Gasteiger partial charge in [-0.15, -0.1) is 0 Å². The lowest BCUT2D eigenvalue weighted by Crippen LogP contribution is -2.38. The average Bonchev–Trinajstić information content (AvgIpc) is 2.77. The van der Waals surface area contributed by atoms with Crippen LogP contribution in [-0.4, -0.2) is 24.1 Å². The van der Waals surface area contributed by atoms with E-state index in [-0.39, 0.29) is 0 Å². The second-order valence-electron chi connectivity index (χ2n) is 5.37. The number of hydrogen-bond donors (Lipinski definition) is 2. The third kappa shape index (κ3) is 2.38. The van der Waals surface area contributed by atoms with Gasteiger partial charge in [0.15, 0.2) is 5.58 Å². The van der Waals surface area contributed by atoms with Crippen molar-refractivity contribution in [2.24, 2.45) is 5.73 Å². The molecular weight excluding hydrogens is 242 g/mol. The van der Waals surface area contributed by atoms with Crippen LogP contribution in [0.3, 0.4) is 0 Å². The second-order valence-corrected chi connectivity index (χ2v) is 5.37. The molecule has 1 aromatic carbocycles. The van der Waals surface area contributed by atoms with E-state index < -0.39 is 5.76 Å². The van der Waals surface area contributed by atoms with Crippen LogP contribution in [0.5, 0.6) is 0 Å². The number of oxazole rings is 1. The maximum absolute atomic E-state index is 11.2. The van der Waals surface area contributed by atoms with Crippen LogP contribution in [0.2, 0.25) is 0 Å². The Hall–Kier alpha value is -1.75. The summed E-state index contributed by atoms with van der Waals surface area (Å²) in [5.74, 6) is -0.404. The number of fused-ring (bicyclic) bond motifs is 1. The Kier molecular flexibility index (Phi) is 3.06. The van der Waals surface area contributed by atoms with Crippen LogP contribution in [0.4, 0.5) is 5.69 Å². The van der Waals surface area contributed by atoms with Crippen LogP contribution in [0, 0.1) is 0 Å². The molecule has 1 heterocycles. The lowest BCUT2D eigenvalue weighted by Gasteiger charge is -2.34. The number of anilines is 1. The molecule has 0 saturated heterocycles. The van der Waals surface area contributed by atoms with Gasteiger partial charge < -0.3 is 15.1 Å². The minimum atomic E-state index is -0.404. The number of aromatic nitrogens is 1. The molecule has 0 unspecified atom stereocenters. The minimum absolute atomic E-state index is 0.356. The van der Waals surface area contributed by atoms with E-state index in [4.69, 9.17) is 10.2 Å². The lowest BCUT2D eigenvalue weighted by atomic mass is 9.91. The molecule has 19 heavy (non-hydrogen) atoms. The number of hydrogen-bond acceptors (Lipinski definition) is 4. The van der Waals surface area contributed by atoms with Gasteiger partial charge in [0, 0.05) is 30.9 Å². The Balaban J connectivity index is 1.84. The molecular formula is C14H19N3O2. The van der Waals surface area contributed by atoms with E-state index in [2.05, 4.69) is 16.9 Å². The number of nitrogens with two attached hydrogens (primary N) is 1. The second kappa shape index (κ2) is 4.74. The molecule has 1 saturated carbocycles. The van der Waals surface area contributed by atoms with Crippen LogP contribution < -0.4 is 16.4 Å². The van der Waals surface area contributed by atoms with Crippen molar-refractivity contribution in [2.75, 3.05) is 11.9 Å². The largest absolute Gasteiger partial charge is 0.417 e. The molecule has 3 N–H and O–H groups in total. The van der Waals surface area contributed by atoms with Crippen molar-refractivity contribution in [3.05, 3.63) is 28.7 Å². The summed E-state index contributed by atoms with van der Waals surface area (Å²) in [5.41, 5.74) is 8.38. The topological polar surface area (TPSA) is 75.3 Å². The van der Waals surface area contributed by atoms with Crippen molar-refractivity contribution in [3.63, 3.8) is 0 Å². The van der Waals surface area contributed by atoms with Gasteiger partial charge in [0.25, 0.3) is 0 Å². The molecule has 1 aliphatic rings. The first-order valence-electron chi connectivity index (χ1n) is 6.75. The maximum atomic E-state index is 11.2. The summed E-state index contributed by atoms with van der Waals surface area (Å²) in [6.45, 7) is 0. The fourth-order valence-corrected chi connectivity index (χ4v) is 2.85. The zero-order chi connectivity index (χ0) is 13.4. The Morgan fingerprint density at radius 3 is 2.79 bits per heavy atom. The predicted octanol–water partition coefficient (Wildman–Crippen LogP) is 1.83. The third-order valence-corrected chi connectivity index (χ3v) is 4.10. The smallest absolute Gasteiger partial charge is 0.408 e. The Labute approximate surface area is 111 Å². The van der Waals surface area contributed by atoms with E-state index in [1.54, 1.807) is 0 Å². The van der Waals surface area contributed by atoms with E-state index in [1.807, 2.05) is 18.2 Å². The molecule has 5 heteroatoms. The first-order chi connectivity index (χ1) is 9.13. The van der Waals surface area contributed by atoms with Gasteiger partial charge in [0.2, 0.25) is 0 Å². The molecule has 0 radical (unpaired) electrons. The molecule has 2 aromatic rings. The summed E-state index contributed by atoms with van der Waals surface area (Å²) in [7, 11) is 2.09. The van der Waals surface area contributed by atoms with Crippen molar-refractivity contribution in [3.8, 4) is 0 Å². The van der Waals surface area contributed by atoms with Crippen LogP contribution in [-0.2, 0) is 0 Å². The zero-order valence-corrected chi connectivity index (χ0v) is 11.1. The highest BCUT2D eigenvalue weighted by molar-refractivity contribution is 5.77. The van der Waals surface area contributed by atoms with Crippen LogP contribution in [0.1, 0.15) is 25.7 Å². The van der Waals surface area contributed by atoms with Gasteiger partial charge in [-0.1, -0.05) is 0 Å². The van der Waals surface area contributed by atoms with E-state index in [1.165, 1.54) is 0 Å². The number of H-pyrrole nitrogens is 1. The summed E-state index contributed by atoms with van der Waals surface area (Å²) >= 11 is 0. The lowest BCUT2D eigenvalue weighted by molar-refractivity contribution is 0.385. The fraction of sp³-hybridized carbons (Fsp3) is 0.500. The molecule has 1 aliphatic carbocycles. The van der Waals surface area contributed by atoms with Crippen molar-refractivity contribution in [1.82, 2.24) is 4.98 Å². The molecule has 0 spiro atoms. The number of aromatic amines is 1. The van der Waals surface area contributed by atoms with Gasteiger partial charge in [0.05, 0.1) is 5.52 Å². The third-order valence-electron chi connectivity index (χ3n) is 4.10. The highest BCUT2D eigenvalue weighted by atomic mass is 16.4. The van der Waals surface area contributed by atoms with E-state index in [9.17, 15) is 4.79 Å². The van der Waals surface area contributed by atoms with Crippen molar-refractivity contribution >= 4 is 16.8 Å². The van der Waals surface area contributed by atoms with Crippen LogP contribution in [0.25, 0.3) is 11.1 Å². The summed E-state index contributed by atoms with van der Waals surface area (Å²) in [6.07, 6.45) is 4.40. The number of nitrogens with zero attached hydrogens (tertiary/aromatic N) is 1. The molecule has 3 rings (SSSR count). The van der Waals surface area contributed by atoms with Crippen molar-refractivity contribution in [1.29, 1.82) is 0 Å². The molecule has 0 bridgehead atoms. The van der Waals surface area contributed by atoms with Gasteiger partial charge >= 0.3 is 5.76 Å². The monoisotopic (exact) mass is 261 g/mol. The highest BCUT2D eigenvalue weighted by Gasteiger charge is 2.22. The van der Waals surface area contributed by atoms with E-state index >= 15 is 0 Å². The van der Waals surface area contributed by atoms with Gasteiger partial charge in [-0.05, 0) is 37.8 Å². The summed E-state index contributed by atoms with van der Waals surface area (Å²) in [4.78, 5) is 16.1. The first kappa shape index (κ1) is 12.3. The van der Waals surface area contributed by atoms with Crippen molar-refractivity contribution < 1.29 is 4.42 Å². The van der Waals surface area contributed by atoms with E-state index in [0.29, 0.717) is 17.7 Å². The fourth-order valence-electron chi connectivity index (χ4n) is 2.85. The van der Waals surface area contributed by atoms with Gasteiger partial charge in [-0.25, -0.2) is 4.79 Å². The van der Waals surface area contributed by atoms with Gasteiger partial charge in [0.1, 0.15) is 0 Å². The van der Waals surface area contributed by atoms with Crippen molar-refractivity contribution in [2.45, 2.75) is 37.8 Å². The molecule has 5 nitrogen and oxygen atoms in total. The molecule has 102 valence electrons. The minimum Gasteiger partial charge on any atom is -0.408 e. The SMILES string of the molecule is CN(c1ccc2[nH]c(=O)oc2c1)C1CCC(N)CC1. The number of benzene rings is 1. The Morgan fingerprint density at radius 1 is 1.32 bits per heavy atom. The summed E-state index contributed by atoms with van der Waals surface area (Å²) < 4.78 is 5.11. The summed E-state index contributed by atoms with van der Waals surface area (Å²) in [5, 5.41) is 0. The molecule has 0 amide bonds. The van der Waals surface area contributed by atoms with E-state index in [0.717, 1.165) is 36.9 Å². The average molecular weight is 261 g/mol. The highest BCUT2D eigenvalue weighted by Crippen LogP contribution is 2.27. The number of rotatable bonds is 2. The van der Waals surface area contributed by atoms with Gasteiger partial charge in [-0.2, -0.15) is 0 Å². The van der Waals surface area contributed by atoms with Crippen LogP contribution >= 0.6 is 0 Å². The standard InChI is InChI=1S/C14H19N3O2/c1-17(10-4-2-9(15)3-5-10)11-6-7-12-13(8-11)19-14(18)16-12/h6-10H,2-5,15H2,1H3,(H,16,18).